The van der Waals surface area contributed by atoms with E-state index >= 15 is 0 Å². The van der Waals surface area contributed by atoms with Gasteiger partial charge in [0.05, 0.1) is 23.6 Å². The Balaban J connectivity index is 1.51. The molecule has 1 fully saturated rings. The maximum atomic E-state index is 5.76. The zero-order valence-corrected chi connectivity index (χ0v) is 13.5. The van der Waals surface area contributed by atoms with Crippen LogP contribution in [0.15, 0.2) is 12.4 Å². The number of fused-ring (bicyclic) bond motifs is 1. The minimum absolute atomic E-state index is 0.329. The van der Waals surface area contributed by atoms with Crippen molar-refractivity contribution in [2.75, 3.05) is 31.5 Å². The summed E-state index contributed by atoms with van der Waals surface area (Å²) >= 11 is 0. The predicted molar refractivity (Wildman–Crippen MR) is 85.1 cm³/mol. The van der Waals surface area contributed by atoms with Crippen LogP contribution in [0.1, 0.15) is 26.0 Å². The van der Waals surface area contributed by atoms with E-state index in [0.717, 1.165) is 49.6 Å². The smallest absolute Gasteiger partial charge is 0.200 e. The molecule has 120 valence electrons. The Kier molecular flexibility index (Phi) is 4.54. The number of nitrogens with zero attached hydrogens (tertiary/aromatic N) is 5. The first-order valence-electron chi connectivity index (χ1n) is 7.91. The van der Waals surface area contributed by atoms with E-state index in [1.807, 2.05) is 13.0 Å². The molecule has 0 spiro atoms. The van der Waals surface area contributed by atoms with Crippen molar-refractivity contribution in [2.45, 2.75) is 39.4 Å². The second-order valence-corrected chi connectivity index (χ2v) is 6.10. The number of hydrogen-bond acceptors (Lipinski definition) is 6. The molecule has 22 heavy (non-hydrogen) atoms. The van der Waals surface area contributed by atoms with Crippen molar-refractivity contribution in [3.05, 3.63) is 18.1 Å². The van der Waals surface area contributed by atoms with Crippen molar-refractivity contribution in [1.29, 1.82) is 0 Å². The van der Waals surface area contributed by atoms with Gasteiger partial charge in [0.2, 0.25) is 5.65 Å². The van der Waals surface area contributed by atoms with Crippen molar-refractivity contribution in [1.82, 2.24) is 24.7 Å². The molecule has 0 amide bonds. The van der Waals surface area contributed by atoms with Crippen LogP contribution in [0.2, 0.25) is 0 Å². The third-order valence-electron chi connectivity index (χ3n) is 3.85. The molecule has 7 nitrogen and oxygen atoms in total. The highest BCUT2D eigenvalue weighted by Gasteiger charge is 2.21. The van der Waals surface area contributed by atoms with E-state index in [0.29, 0.717) is 12.2 Å². The molecule has 0 bridgehead atoms. The maximum absolute atomic E-state index is 5.76. The summed E-state index contributed by atoms with van der Waals surface area (Å²) in [4.78, 5) is 2.48. The average molecular weight is 304 g/mol. The van der Waals surface area contributed by atoms with E-state index in [9.17, 15) is 0 Å². The van der Waals surface area contributed by atoms with E-state index in [-0.39, 0.29) is 0 Å². The Bertz CT molecular complexity index is 618. The van der Waals surface area contributed by atoms with Crippen LogP contribution in [0.4, 0.5) is 5.69 Å². The SMILES string of the molecule is Cc1cc(NCCCN2C[C@@H](C)O[C@@H](C)C2)c2nncn2n1. The Labute approximate surface area is 130 Å². The summed E-state index contributed by atoms with van der Waals surface area (Å²) < 4.78 is 7.47. The lowest BCUT2D eigenvalue weighted by molar-refractivity contribution is -0.0678. The van der Waals surface area contributed by atoms with Gasteiger partial charge in [0.15, 0.2) is 0 Å². The van der Waals surface area contributed by atoms with E-state index in [2.05, 4.69) is 39.4 Å². The van der Waals surface area contributed by atoms with Crippen LogP contribution in [0.3, 0.4) is 0 Å². The molecule has 2 aromatic rings. The molecule has 0 aromatic carbocycles. The number of ether oxygens (including phenoxy) is 1. The lowest BCUT2D eigenvalue weighted by atomic mass is 10.2. The summed E-state index contributed by atoms with van der Waals surface area (Å²) in [6.07, 6.45) is 3.37. The summed E-state index contributed by atoms with van der Waals surface area (Å²) in [5, 5.41) is 15.8. The first-order chi connectivity index (χ1) is 10.6. The normalized spacial score (nSPS) is 23.0. The van der Waals surface area contributed by atoms with Gasteiger partial charge in [-0.25, -0.2) is 0 Å². The molecule has 2 atom stereocenters. The topological polar surface area (TPSA) is 67.6 Å². The molecule has 0 saturated carbocycles. The number of morpholine rings is 1. The standard InChI is InChI=1S/C15H24N6O/c1-11-7-14(15-18-17-10-21(15)19-11)16-5-4-6-20-8-12(2)22-13(3)9-20/h7,10,12-13,16H,4-6,8-9H2,1-3H3/t12-,13+. The van der Waals surface area contributed by atoms with Gasteiger partial charge >= 0.3 is 0 Å². The van der Waals surface area contributed by atoms with Gasteiger partial charge in [-0.15, -0.1) is 10.2 Å². The van der Waals surface area contributed by atoms with Crippen molar-refractivity contribution in [2.24, 2.45) is 0 Å². The van der Waals surface area contributed by atoms with Gasteiger partial charge in [-0.3, -0.25) is 4.90 Å². The molecule has 2 aromatic heterocycles. The summed E-state index contributed by atoms with van der Waals surface area (Å²) in [7, 11) is 0. The third kappa shape index (κ3) is 3.53. The fourth-order valence-electron chi connectivity index (χ4n) is 3.08. The number of nitrogens with one attached hydrogen (secondary N) is 1. The van der Waals surface area contributed by atoms with Crippen LogP contribution in [0.25, 0.3) is 5.65 Å². The zero-order chi connectivity index (χ0) is 15.5. The van der Waals surface area contributed by atoms with Gasteiger partial charge in [0.25, 0.3) is 0 Å². The zero-order valence-electron chi connectivity index (χ0n) is 13.5. The van der Waals surface area contributed by atoms with Gasteiger partial charge in [-0.05, 0) is 33.3 Å². The largest absolute Gasteiger partial charge is 0.382 e. The number of rotatable bonds is 5. The molecule has 1 aliphatic heterocycles. The highest BCUT2D eigenvalue weighted by molar-refractivity contribution is 5.66. The Morgan fingerprint density at radius 3 is 2.86 bits per heavy atom. The summed E-state index contributed by atoms with van der Waals surface area (Å²) in [6, 6.07) is 2.02. The molecule has 0 aliphatic carbocycles. The van der Waals surface area contributed by atoms with Crippen LogP contribution in [-0.4, -0.2) is 63.1 Å². The number of anilines is 1. The van der Waals surface area contributed by atoms with E-state index in [4.69, 9.17) is 4.74 Å². The van der Waals surface area contributed by atoms with Gasteiger partial charge in [0, 0.05) is 26.2 Å². The predicted octanol–water partition coefficient (Wildman–Crippen LogP) is 1.34. The van der Waals surface area contributed by atoms with E-state index < -0.39 is 0 Å². The first-order valence-corrected chi connectivity index (χ1v) is 7.91. The van der Waals surface area contributed by atoms with Gasteiger partial charge < -0.3 is 10.1 Å². The molecule has 3 heterocycles. The third-order valence-corrected chi connectivity index (χ3v) is 3.85. The fraction of sp³-hybridized carbons (Fsp3) is 0.667. The minimum atomic E-state index is 0.329. The van der Waals surface area contributed by atoms with Crippen molar-refractivity contribution in [3.63, 3.8) is 0 Å². The van der Waals surface area contributed by atoms with Crippen molar-refractivity contribution >= 4 is 11.3 Å². The van der Waals surface area contributed by atoms with Crippen molar-refractivity contribution in [3.8, 4) is 0 Å². The number of aromatic nitrogens is 4. The van der Waals surface area contributed by atoms with E-state index in [1.54, 1.807) is 10.8 Å². The molecule has 1 saturated heterocycles. The van der Waals surface area contributed by atoms with Gasteiger partial charge in [-0.1, -0.05) is 0 Å². The highest BCUT2D eigenvalue weighted by atomic mass is 16.5. The first kappa shape index (κ1) is 15.2. The lowest BCUT2D eigenvalue weighted by Crippen LogP contribution is -2.45. The average Bonchev–Trinajstić information content (AvgIpc) is 2.90. The van der Waals surface area contributed by atoms with Crippen LogP contribution in [-0.2, 0) is 4.74 Å². The van der Waals surface area contributed by atoms with E-state index in [1.165, 1.54) is 0 Å². The fourth-order valence-corrected chi connectivity index (χ4v) is 3.08. The Morgan fingerprint density at radius 2 is 2.09 bits per heavy atom. The second-order valence-electron chi connectivity index (χ2n) is 6.10. The summed E-state index contributed by atoms with van der Waals surface area (Å²) in [6.45, 7) is 10.3. The molecule has 7 heteroatoms. The van der Waals surface area contributed by atoms with Crippen molar-refractivity contribution < 1.29 is 4.74 Å². The highest BCUT2D eigenvalue weighted by Crippen LogP contribution is 2.15. The summed E-state index contributed by atoms with van der Waals surface area (Å²) in [5.74, 6) is 0. The summed E-state index contributed by atoms with van der Waals surface area (Å²) in [5.41, 5.74) is 2.72. The quantitative estimate of drug-likeness (QED) is 0.841. The second kappa shape index (κ2) is 6.58. The molecule has 1 aliphatic rings. The Hall–Kier alpha value is -1.73. The number of hydrogen-bond donors (Lipinski definition) is 1. The van der Waals surface area contributed by atoms with Gasteiger partial charge in [-0.2, -0.15) is 9.61 Å². The lowest BCUT2D eigenvalue weighted by Gasteiger charge is -2.35. The maximum Gasteiger partial charge on any atom is 0.200 e. The number of aryl methyl sites for hydroxylation is 1. The molecular formula is C15H24N6O. The molecule has 0 radical (unpaired) electrons. The molecular weight excluding hydrogens is 280 g/mol. The van der Waals surface area contributed by atoms with Crippen LogP contribution < -0.4 is 5.32 Å². The molecule has 3 rings (SSSR count). The Morgan fingerprint density at radius 1 is 1.32 bits per heavy atom. The monoisotopic (exact) mass is 304 g/mol. The van der Waals surface area contributed by atoms with Crippen LogP contribution in [0.5, 0.6) is 0 Å². The molecule has 0 unspecified atom stereocenters. The van der Waals surface area contributed by atoms with Crippen LogP contribution >= 0.6 is 0 Å². The van der Waals surface area contributed by atoms with Crippen LogP contribution in [0, 0.1) is 6.92 Å². The minimum Gasteiger partial charge on any atom is -0.382 e. The van der Waals surface area contributed by atoms with Gasteiger partial charge in [0.1, 0.15) is 6.33 Å². The molecule has 1 N–H and O–H groups in total.